The lowest BCUT2D eigenvalue weighted by Crippen LogP contribution is -2.50. The third kappa shape index (κ3) is 3.48. The van der Waals surface area contributed by atoms with E-state index >= 15 is 0 Å². The van der Waals surface area contributed by atoms with Gasteiger partial charge in [-0.15, -0.1) is 0 Å². The Labute approximate surface area is 142 Å². The van der Waals surface area contributed by atoms with Gasteiger partial charge in [-0.1, -0.05) is 0 Å². The molecule has 0 bridgehead atoms. The summed E-state index contributed by atoms with van der Waals surface area (Å²) in [6, 6.07) is -0.549. The van der Waals surface area contributed by atoms with E-state index in [1.54, 1.807) is 27.8 Å². The van der Waals surface area contributed by atoms with E-state index in [4.69, 9.17) is 4.74 Å². The standard InChI is InChI=1S/C16H27N3O5/c1-15(2,3)24-14(23)19-8-10(11(20)9-19)18(5)13(22)16(6-7-16)12(21)17-4/h10-11,20H,6-9H2,1-5H3,(H,17,21)/t10-,11-/m0/s1. The third-order valence-corrected chi connectivity index (χ3v) is 4.55. The molecule has 0 unspecified atom stereocenters. The average Bonchev–Trinajstić information content (AvgIpc) is 3.20. The second kappa shape index (κ2) is 6.23. The van der Waals surface area contributed by atoms with Gasteiger partial charge in [0, 0.05) is 20.6 Å². The number of nitrogens with zero attached hydrogens (tertiary/aromatic N) is 2. The Bertz CT molecular complexity index is 538. The minimum atomic E-state index is -1.01. The molecular weight excluding hydrogens is 314 g/mol. The Morgan fingerprint density at radius 2 is 1.83 bits per heavy atom. The van der Waals surface area contributed by atoms with E-state index in [1.807, 2.05) is 0 Å². The lowest BCUT2D eigenvalue weighted by atomic mass is 10.0. The van der Waals surface area contributed by atoms with E-state index in [1.165, 1.54) is 16.8 Å². The molecule has 0 aromatic heterocycles. The Morgan fingerprint density at radius 3 is 2.29 bits per heavy atom. The van der Waals surface area contributed by atoms with Gasteiger partial charge >= 0.3 is 6.09 Å². The maximum absolute atomic E-state index is 12.7. The monoisotopic (exact) mass is 341 g/mol. The first kappa shape index (κ1) is 18.5. The summed E-state index contributed by atoms with van der Waals surface area (Å²) in [5, 5.41) is 12.8. The molecule has 0 radical (unpaired) electrons. The van der Waals surface area contributed by atoms with Gasteiger partial charge in [0.05, 0.1) is 18.7 Å². The van der Waals surface area contributed by atoms with Gasteiger partial charge in [-0.2, -0.15) is 0 Å². The summed E-state index contributed by atoms with van der Waals surface area (Å²) >= 11 is 0. The number of amides is 3. The molecule has 1 aliphatic heterocycles. The third-order valence-electron chi connectivity index (χ3n) is 4.55. The first-order valence-corrected chi connectivity index (χ1v) is 8.17. The van der Waals surface area contributed by atoms with Gasteiger partial charge in [-0.3, -0.25) is 9.59 Å². The van der Waals surface area contributed by atoms with E-state index < -0.39 is 29.3 Å². The summed E-state index contributed by atoms with van der Waals surface area (Å²) in [6.45, 7) is 5.59. The number of rotatable bonds is 3. The van der Waals surface area contributed by atoms with E-state index in [9.17, 15) is 19.5 Å². The van der Waals surface area contributed by atoms with Crippen molar-refractivity contribution < 1.29 is 24.2 Å². The fourth-order valence-corrected chi connectivity index (χ4v) is 3.02. The van der Waals surface area contributed by atoms with E-state index in [2.05, 4.69) is 5.32 Å². The fraction of sp³-hybridized carbons (Fsp3) is 0.812. The first-order valence-electron chi connectivity index (χ1n) is 8.17. The molecule has 8 heteroatoms. The van der Waals surface area contributed by atoms with Crippen LogP contribution < -0.4 is 5.32 Å². The fourth-order valence-electron chi connectivity index (χ4n) is 3.02. The quantitative estimate of drug-likeness (QED) is 0.701. The smallest absolute Gasteiger partial charge is 0.410 e. The molecule has 24 heavy (non-hydrogen) atoms. The zero-order valence-electron chi connectivity index (χ0n) is 15.0. The van der Waals surface area contributed by atoms with Crippen molar-refractivity contribution in [3.63, 3.8) is 0 Å². The summed E-state index contributed by atoms with van der Waals surface area (Å²) in [5.41, 5.74) is -1.64. The highest BCUT2D eigenvalue weighted by atomic mass is 16.6. The van der Waals surface area contributed by atoms with Crippen molar-refractivity contribution in [1.82, 2.24) is 15.1 Å². The van der Waals surface area contributed by atoms with Crippen LogP contribution in [0.4, 0.5) is 4.79 Å². The number of hydrogen-bond donors (Lipinski definition) is 2. The van der Waals surface area contributed by atoms with Crippen LogP contribution in [0.1, 0.15) is 33.6 Å². The highest BCUT2D eigenvalue weighted by molar-refractivity contribution is 6.07. The Kier molecular flexibility index (Phi) is 4.81. The van der Waals surface area contributed by atoms with Crippen molar-refractivity contribution in [3.8, 4) is 0 Å². The molecule has 1 heterocycles. The number of aliphatic hydroxyl groups excluding tert-OH is 1. The van der Waals surface area contributed by atoms with Crippen molar-refractivity contribution in [2.45, 2.75) is 51.4 Å². The Morgan fingerprint density at radius 1 is 1.25 bits per heavy atom. The Hall–Kier alpha value is -1.83. The first-order chi connectivity index (χ1) is 11.0. The maximum atomic E-state index is 12.7. The molecule has 0 spiro atoms. The second-order valence-corrected chi connectivity index (χ2v) is 7.60. The highest BCUT2D eigenvalue weighted by Crippen LogP contribution is 2.47. The van der Waals surface area contributed by atoms with Crippen molar-refractivity contribution in [2.24, 2.45) is 5.41 Å². The number of ether oxygens (including phenoxy) is 1. The van der Waals surface area contributed by atoms with Crippen molar-refractivity contribution >= 4 is 17.9 Å². The van der Waals surface area contributed by atoms with Crippen LogP contribution in [-0.2, 0) is 14.3 Å². The predicted molar refractivity (Wildman–Crippen MR) is 86.1 cm³/mol. The summed E-state index contributed by atoms with van der Waals surface area (Å²) in [7, 11) is 3.07. The largest absolute Gasteiger partial charge is 0.444 e. The van der Waals surface area contributed by atoms with E-state index in [-0.39, 0.29) is 24.9 Å². The molecule has 1 saturated heterocycles. The minimum absolute atomic E-state index is 0.101. The number of aliphatic hydroxyl groups is 1. The molecule has 8 nitrogen and oxygen atoms in total. The van der Waals surface area contributed by atoms with Crippen LogP contribution in [0.25, 0.3) is 0 Å². The molecule has 2 rings (SSSR count). The van der Waals surface area contributed by atoms with Gasteiger partial charge in [0.2, 0.25) is 11.8 Å². The van der Waals surface area contributed by atoms with Crippen LogP contribution in [0.15, 0.2) is 0 Å². The molecule has 2 fully saturated rings. The van der Waals surface area contributed by atoms with Gasteiger partial charge in [-0.05, 0) is 33.6 Å². The van der Waals surface area contributed by atoms with Crippen LogP contribution in [0.5, 0.6) is 0 Å². The van der Waals surface area contributed by atoms with Crippen molar-refractivity contribution in [3.05, 3.63) is 0 Å². The maximum Gasteiger partial charge on any atom is 0.410 e. The van der Waals surface area contributed by atoms with Gasteiger partial charge < -0.3 is 25.0 Å². The summed E-state index contributed by atoms with van der Waals surface area (Å²) in [5.74, 6) is -0.604. The molecule has 0 aromatic carbocycles. The van der Waals surface area contributed by atoms with E-state index in [0.29, 0.717) is 12.8 Å². The number of carbonyl (C=O) groups excluding carboxylic acids is 3. The number of likely N-dealkylation sites (N-methyl/N-ethyl adjacent to an activating group) is 1. The van der Waals surface area contributed by atoms with Crippen LogP contribution in [0, 0.1) is 5.41 Å². The molecule has 1 aliphatic carbocycles. The number of carbonyl (C=O) groups is 3. The van der Waals surface area contributed by atoms with Crippen molar-refractivity contribution in [1.29, 1.82) is 0 Å². The summed E-state index contributed by atoms with van der Waals surface area (Å²) in [6.07, 6.45) is -0.368. The molecule has 2 N–H and O–H groups in total. The molecule has 0 aromatic rings. The summed E-state index contributed by atoms with van der Waals surface area (Å²) < 4.78 is 5.30. The molecule has 2 aliphatic rings. The number of hydrogen-bond acceptors (Lipinski definition) is 5. The minimum Gasteiger partial charge on any atom is -0.444 e. The second-order valence-electron chi connectivity index (χ2n) is 7.60. The van der Waals surface area contributed by atoms with Crippen molar-refractivity contribution in [2.75, 3.05) is 27.2 Å². The number of β-amino-alcohol motifs (C(OH)–C–C–N with tert-alkyl or cyclic N) is 1. The van der Waals surface area contributed by atoms with E-state index in [0.717, 1.165) is 0 Å². The molecule has 136 valence electrons. The van der Waals surface area contributed by atoms with Gasteiger partial charge in [0.1, 0.15) is 11.0 Å². The van der Waals surface area contributed by atoms with Crippen LogP contribution in [0.3, 0.4) is 0 Å². The lowest BCUT2D eigenvalue weighted by molar-refractivity contribution is -0.145. The molecule has 3 amide bonds. The average molecular weight is 341 g/mol. The summed E-state index contributed by atoms with van der Waals surface area (Å²) in [4.78, 5) is 39.6. The van der Waals surface area contributed by atoms with Crippen LogP contribution in [-0.4, -0.2) is 77.7 Å². The normalized spacial score (nSPS) is 25.2. The number of likely N-dealkylation sites (tertiary alicyclic amines) is 1. The highest BCUT2D eigenvalue weighted by Gasteiger charge is 2.58. The van der Waals surface area contributed by atoms with Gasteiger partial charge in [-0.25, -0.2) is 4.79 Å². The number of nitrogens with one attached hydrogen (secondary N) is 1. The SMILES string of the molecule is CNC(=O)C1(C(=O)N(C)[C@H]2CN(C(=O)OC(C)(C)C)C[C@@H]2O)CC1. The van der Waals surface area contributed by atoms with Crippen LogP contribution in [0.2, 0.25) is 0 Å². The van der Waals surface area contributed by atoms with Gasteiger partial charge in [0.15, 0.2) is 0 Å². The predicted octanol–water partition coefficient (Wildman–Crippen LogP) is -0.0488. The molecule has 2 atom stereocenters. The zero-order chi connectivity index (χ0) is 18.3. The lowest BCUT2D eigenvalue weighted by Gasteiger charge is -2.30. The van der Waals surface area contributed by atoms with Gasteiger partial charge in [0.25, 0.3) is 0 Å². The Balaban J connectivity index is 2.03. The molecule has 1 saturated carbocycles. The van der Waals surface area contributed by atoms with Crippen LogP contribution >= 0.6 is 0 Å². The topological polar surface area (TPSA) is 99.2 Å². The molecular formula is C16H27N3O5. The zero-order valence-corrected chi connectivity index (χ0v) is 15.0.